The van der Waals surface area contributed by atoms with Crippen LogP contribution in [-0.4, -0.2) is 24.2 Å². The number of rotatable bonds is 1. The van der Waals surface area contributed by atoms with Crippen LogP contribution < -0.4 is 10.2 Å². The van der Waals surface area contributed by atoms with Crippen LogP contribution in [0.3, 0.4) is 0 Å². The summed E-state index contributed by atoms with van der Waals surface area (Å²) in [5, 5.41) is 2.39. The zero-order chi connectivity index (χ0) is 11.7. The first-order chi connectivity index (χ1) is 7.63. The van der Waals surface area contributed by atoms with Gasteiger partial charge in [0.05, 0.1) is 5.69 Å². The number of nitrogens with one attached hydrogen (secondary N) is 1. The quantitative estimate of drug-likeness (QED) is 0.756. The summed E-state index contributed by atoms with van der Waals surface area (Å²) in [7, 11) is 0. The first-order valence-electron chi connectivity index (χ1n) is 4.58. The summed E-state index contributed by atoms with van der Waals surface area (Å²) < 4.78 is 13.4. The third-order valence-corrected chi connectivity index (χ3v) is 2.49. The van der Waals surface area contributed by atoms with Gasteiger partial charge >= 0.3 is 0 Å². The van der Waals surface area contributed by atoms with Gasteiger partial charge in [-0.25, -0.2) is 4.39 Å². The second-order valence-electron chi connectivity index (χ2n) is 3.30. The molecule has 4 nitrogen and oxygen atoms in total. The van der Waals surface area contributed by atoms with Gasteiger partial charge in [-0.3, -0.25) is 14.5 Å². The minimum Gasteiger partial charge on any atom is -0.320 e. The number of benzene rings is 1. The molecule has 1 heterocycles. The van der Waals surface area contributed by atoms with Crippen LogP contribution in [-0.2, 0) is 9.59 Å². The molecule has 2 rings (SSSR count). The number of carbonyl (C=O) groups excluding carboxylic acids is 2. The van der Waals surface area contributed by atoms with Gasteiger partial charge in [0.1, 0.15) is 23.9 Å². The summed E-state index contributed by atoms with van der Waals surface area (Å²) in [6.07, 6.45) is 0. The molecule has 16 heavy (non-hydrogen) atoms. The third-order valence-electron chi connectivity index (χ3n) is 2.26. The summed E-state index contributed by atoms with van der Waals surface area (Å²) in [6.45, 7) is -0.137. The Morgan fingerprint density at radius 2 is 2.31 bits per heavy atom. The van der Waals surface area contributed by atoms with Crippen molar-refractivity contribution in [2.45, 2.75) is 0 Å². The van der Waals surface area contributed by atoms with Crippen molar-refractivity contribution in [3.05, 3.63) is 24.0 Å². The fraction of sp³-hybridized carbons (Fsp3) is 0.200. The predicted octanol–water partition coefficient (Wildman–Crippen LogP) is 1.35. The highest BCUT2D eigenvalue weighted by atomic mass is 35.5. The molecular weight excluding hydrogens is 235 g/mol. The number of hydrogen-bond donors (Lipinski definition) is 1. The van der Waals surface area contributed by atoms with Crippen LogP contribution in [0.15, 0.2) is 18.2 Å². The highest BCUT2D eigenvalue weighted by Gasteiger charge is 2.27. The molecular formula is C10H8ClFN2O2. The van der Waals surface area contributed by atoms with Gasteiger partial charge in [0.25, 0.3) is 0 Å². The fourth-order valence-corrected chi connectivity index (χ4v) is 1.71. The first-order valence-corrected chi connectivity index (χ1v) is 5.11. The van der Waals surface area contributed by atoms with Gasteiger partial charge in [0.15, 0.2) is 0 Å². The van der Waals surface area contributed by atoms with Crippen molar-refractivity contribution in [3.8, 4) is 0 Å². The lowest BCUT2D eigenvalue weighted by molar-refractivity contribution is -0.120. The van der Waals surface area contributed by atoms with E-state index in [-0.39, 0.29) is 18.1 Å². The van der Waals surface area contributed by atoms with Crippen LogP contribution in [0.25, 0.3) is 0 Å². The monoisotopic (exact) mass is 242 g/mol. The molecule has 1 aromatic rings. The number of para-hydroxylation sites is 1. The highest BCUT2D eigenvalue weighted by molar-refractivity contribution is 6.30. The fourth-order valence-electron chi connectivity index (χ4n) is 1.56. The Kier molecular flexibility index (Phi) is 2.78. The van der Waals surface area contributed by atoms with Crippen molar-refractivity contribution in [1.29, 1.82) is 0 Å². The summed E-state index contributed by atoms with van der Waals surface area (Å²) in [5.74, 6) is -1.68. The predicted molar refractivity (Wildman–Crippen MR) is 58.1 cm³/mol. The average Bonchev–Trinajstić information content (AvgIpc) is 2.28. The van der Waals surface area contributed by atoms with Crippen LogP contribution in [0.1, 0.15) is 0 Å². The van der Waals surface area contributed by atoms with E-state index >= 15 is 0 Å². The third kappa shape index (κ3) is 1.74. The van der Waals surface area contributed by atoms with Crippen molar-refractivity contribution in [1.82, 2.24) is 0 Å². The van der Waals surface area contributed by atoms with Gasteiger partial charge in [-0.05, 0) is 12.1 Å². The van der Waals surface area contributed by atoms with Gasteiger partial charge in [0, 0.05) is 0 Å². The highest BCUT2D eigenvalue weighted by Crippen LogP contribution is 2.31. The summed E-state index contributed by atoms with van der Waals surface area (Å²) in [6, 6.07) is 4.25. The summed E-state index contributed by atoms with van der Waals surface area (Å²) in [5.41, 5.74) is 0.363. The Labute approximate surface area is 96.0 Å². The van der Waals surface area contributed by atoms with Crippen molar-refractivity contribution >= 4 is 34.8 Å². The van der Waals surface area contributed by atoms with E-state index < -0.39 is 17.6 Å². The van der Waals surface area contributed by atoms with E-state index in [1.165, 1.54) is 17.0 Å². The average molecular weight is 243 g/mol. The van der Waals surface area contributed by atoms with Gasteiger partial charge in [0.2, 0.25) is 11.8 Å². The molecule has 84 valence electrons. The number of amides is 2. The van der Waals surface area contributed by atoms with Gasteiger partial charge < -0.3 is 5.32 Å². The number of fused-ring (bicyclic) bond motifs is 1. The minimum absolute atomic E-state index is 0.0252. The Balaban J connectivity index is 2.50. The second-order valence-corrected chi connectivity index (χ2v) is 3.56. The molecule has 0 radical (unpaired) electrons. The minimum atomic E-state index is -0.571. The lowest BCUT2D eigenvalue weighted by Crippen LogP contribution is -2.43. The largest absolute Gasteiger partial charge is 0.320 e. The molecule has 6 heteroatoms. The standard InChI is InChI=1S/C10H8ClFN2O2/c11-4-9(16)14-5-8(15)13-10-6(12)2-1-3-7(10)14/h1-3H,4-5H2,(H,13,15). The van der Waals surface area contributed by atoms with E-state index in [4.69, 9.17) is 11.6 Å². The molecule has 0 saturated carbocycles. The van der Waals surface area contributed by atoms with Gasteiger partial charge in [-0.15, -0.1) is 11.6 Å². The molecule has 1 aliphatic heterocycles. The normalized spacial score (nSPS) is 14.4. The number of hydrogen-bond acceptors (Lipinski definition) is 2. The maximum atomic E-state index is 13.4. The van der Waals surface area contributed by atoms with E-state index in [0.717, 1.165) is 0 Å². The molecule has 0 spiro atoms. The van der Waals surface area contributed by atoms with Crippen LogP contribution in [0.5, 0.6) is 0 Å². The zero-order valence-corrected chi connectivity index (χ0v) is 8.92. The number of anilines is 2. The van der Waals surface area contributed by atoms with E-state index in [2.05, 4.69) is 5.32 Å². The number of nitrogens with zero attached hydrogens (tertiary/aromatic N) is 1. The molecule has 1 aromatic carbocycles. The van der Waals surface area contributed by atoms with E-state index in [0.29, 0.717) is 5.69 Å². The Morgan fingerprint density at radius 1 is 1.56 bits per heavy atom. The summed E-state index contributed by atoms with van der Waals surface area (Å²) in [4.78, 5) is 23.9. The maximum absolute atomic E-state index is 13.4. The lowest BCUT2D eigenvalue weighted by Gasteiger charge is -2.28. The number of alkyl halides is 1. The van der Waals surface area contributed by atoms with E-state index in [1.807, 2.05) is 0 Å². The van der Waals surface area contributed by atoms with Gasteiger partial charge in [-0.2, -0.15) is 0 Å². The molecule has 0 bridgehead atoms. The molecule has 2 amide bonds. The zero-order valence-electron chi connectivity index (χ0n) is 8.17. The van der Waals surface area contributed by atoms with Crippen LogP contribution in [0.4, 0.5) is 15.8 Å². The lowest BCUT2D eigenvalue weighted by atomic mass is 10.2. The van der Waals surface area contributed by atoms with Crippen LogP contribution >= 0.6 is 11.6 Å². The summed E-state index contributed by atoms with van der Waals surface area (Å²) >= 11 is 5.42. The van der Waals surface area contributed by atoms with E-state index in [1.54, 1.807) is 6.07 Å². The Morgan fingerprint density at radius 3 is 3.00 bits per heavy atom. The van der Waals surface area contributed by atoms with Crippen LogP contribution in [0.2, 0.25) is 0 Å². The number of halogens is 2. The molecule has 1 aliphatic rings. The SMILES string of the molecule is O=C1CN(C(=O)CCl)c2cccc(F)c2N1. The van der Waals surface area contributed by atoms with E-state index in [9.17, 15) is 14.0 Å². The molecule has 0 fully saturated rings. The molecule has 0 saturated heterocycles. The van der Waals surface area contributed by atoms with Crippen molar-refractivity contribution in [2.75, 3.05) is 22.6 Å². The van der Waals surface area contributed by atoms with Gasteiger partial charge in [-0.1, -0.05) is 6.07 Å². The molecule has 0 atom stereocenters. The number of carbonyl (C=O) groups is 2. The van der Waals surface area contributed by atoms with Crippen LogP contribution in [0, 0.1) is 5.82 Å². The Bertz CT molecular complexity index is 464. The molecule has 1 N–H and O–H groups in total. The second kappa shape index (κ2) is 4.09. The topological polar surface area (TPSA) is 49.4 Å². The van der Waals surface area contributed by atoms with Crippen molar-refractivity contribution in [2.24, 2.45) is 0 Å². The first kappa shape index (κ1) is 10.9. The van der Waals surface area contributed by atoms with Crippen molar-refractivity contribution in [3.63, 3.8) is 0 Å². The molecule has 0 aromatic heterocycles. The molecule has 0 unspecified atom stereocenters. The maximum Gasteiger partial charge on any atom is 0.244 e. The van der Waals surface area contributed by atoms with Crippen molar-refractivity contribution < 1.29 is 14.0 Å². The smallest absolute Gasteiger partial charge is 0.244 e. The molecule has 0 aliphatic carbocycles. The Hall–Kier alpha value is -1.62.